The van der Waals surface area contributed by atoms with Gasteiger partial charge in [0.25, 0.3) is 23.6 Å². The number of aliphatic imine (C=N–C) groups is 2. The standard InChI is InChI=1S/C39H39ClN8O6S.C21H25N3O5.C19H17ClN4O2S.2CH4/c1-20-21(2)55-39-32(20)34(23-12-14-24(40)15-13-23)43-27(35-46-45-22(3)47(35)39)19-31(51)41-18-7-5-4-6-11-29(49)42-26-10-8-9-25-33(26)38(54)48(37(25)53)28-16-17-30(50)44-36(28)52;1-2-3-4-5-6-10-16(25)22-14-9-7-8-13-18(14)21(29)24(20(13)28)15-11-12-17(26)23-19(15)27;1-9-10(2)27-19-16(9)17(12-4-6-13(20)7-5-12)21-14(8-15(25)26)18-23-22-11(3)24(18)19;;/h8-10,12-15,27-28H,4-7,11,16-19H2,1-3H3,(H,41,51)(H,42,49)(H,44,50,52);7-9,15H,2-6,10-12H2,1H3,(H,22,25)(H,23,26,27);4-7,14H,8H2,1-3H3,(H,25,26);2*1H4/t27-,28?;;14-;;/m0.0../s1. The molecule has 0 saturated carbocycles. The number of aryl methyl sites for hydroxylation is 4. The van der Waals surface area contributed by atoms with E-state index in [1.54, 1.807) is 46.9 Å². The number of unbranched alkanes of at least 4 members (excludes halogenated alkanes) is 7. The maximum atomic E-state index is 13.3. The summed E-state index contributed by atoms with van der Waals surface area (Å²) >= 11 is 15.6. The molecule has 0 bridgehead atoms. The van der Waals surface area contributed by atoms with Gasteiger partial charge < -0.3 is 21.1 Å². The molecule has 2 unspecified atom stereocenters. The fourth-order valence-electron chi connectivity index (χ4n) is 14.2. The second-order valence-corrected chi connectivity index (χ2v) is 31.0. The Hall–Kier alpha value is -11.1. The largest absolute Gasteiger partial charge is 0.481 e. The Morgan fingerprint density at radius 2 is 0.912 bits per heavy atom. The van der Waals surface area contributed by atoms with Gasteiger partial charge in [-0.15, -0.1) is 43.1 Å². The molecule has 8 aromatic rings. The molecule has 10 heterocycles. The van der Waals surface area contributed by atoms with Crippen molar-refractivity contribution in [3.63, 3.8) is 0 Å². The summed E-state index contributed by atoms with van der Waals surface area (Å²) in [5.41, 5.74) is 8.43. The summed E-state index contributed by atoms with van der Waals surface area (Å²) < 4.78 is 3.96. The van der Waals surface area contributed by atoms with Gasteiger partial charge in [-0.2, -0.15) is 0 Å². The second kappa shape index (κ2) is 36.6. The van der Waals surface area contributed by atoms with Crippen LogP contribution in [0.3, 0.4) is 0 Å². The molecule has 28 nitrogen and oxygen atoms in total. The summed E-state index contributed by atoms with van der Waals surface area (Å²) in [7, 11) is 0. The fourth-order valence-corrected chi connectivity index (χ4v) is 16.9. The highest BCUT2D eigenvalue weighted by Gasteiger charge is 2.48. The van der Waals surface area contributed by atoms with Crippen LogP contribution in [0.4, 0.5) is 11.4 Å². The third-order valence-electron chi connectivity index (χ3n) is 20.1. The molecule has 592 valence electrons. The zero-order valence-electron chi connectivity index (χ0n) is 62.0. The minimum Gasteiger partial charge on any atom is -0.481 e. The van der Waals surface area contributed by atoms with E-state index >= 15 is 0 Å². The Balaban J connectivity index is 0.000000196. The topological polar surface area (TPSA) is 378 Å². The fraction of sp³-hybridized carbons (Fsp3) is 0.383. The van der Waals surface area contributed by atoms with Crippen molar-refractivity contribution < 1.29 is 62.6 Å². The predicted molar refractivity (Wildman–Crippen MR) is 430 cm³/mol. The molecule has 2 fully saturated rings. The summed E-state index contributed by atoms with van der Waals surface area (Å²) in [5, 5.41) is 42.7. The van der Waals surface area contributed by atoms with Crippen LogP contribution >= 0.6 is 45.9 Å². The van der Waals surface area contributed by atoms with E-state index in [2.05, 4.69) is 81.6 Å². The smallest absolute Gasteiger partial charge is 0.306 e. The van der Waals surface area contributed by atoms with Crippen LogP contribution in [-0.4, -0.2) is 145 Å². The number of thiophene rings is 2. The average Bonchev–Trinajstić information content (AvgIpc) is 1.61. The van der Waals surface area contributed by atoms with Gasteiger partial charge in [-0.1, -0.05) is 120 Å². The van der Waals surface area contributed by atoms with Crippen LogP contribution in [-0.2, 0) is 38.4 Å². The number of anilines is 2. The molecular formula is C81H89Cl2N15O13S2. The molecular weight excluding hydrogens is 1530 g/mol. The van der Waals surface area contributed by atoms with Crippen molar-refractivity contribution in [2.24, 2.45) is 9.98 Å². The van der Waals surface area contributed by atoms with Gasteiger partial charge in [0.1, 0.15) is 45.8 Å². The van der Waals surface area contributed by atoms with Crippen molar-refractivity contribution in [3.05, 3.63) is 184 Å². The van der Waals surface area contributed by atoms with Crippen LogP contribution in [0.5, 0.6) is 0 Å². The number of carboxylic acids is 1. The van der Waals surface area contributed by atoms with Crippen LogP contribution in [0.1, 0.15) is 251 Å². The van der Waals surface area contributed by atoms with Crippen molar-refractivity contribution in [2.75, 3.05) is 17.2 Å². The number of nitrogens with one attached hydrogen (secondary N) is 5. The number of hydrogen-bond acceptors (Lipinski definition) is 20. The van der Waals surface area contributed by atoms with Crippen LogP contribution in [0.25, 0.3) is 10.0 Å². The lowest BCUT2D eigenvalue weighted by Crippen LogP contribution is -2.54. The minimum atomic E-state index is -1.09. The molecule has 4 aromatic heterocycles. The van der Waals surface area contributed by atoms with E-state index in [4.69, 9.17) is 33.2 Å². The van der Waals surface area contributed by atoms with Gasteiger partial charge in [0.15, 0.2) is 11.6 Å². The van der Waals surface area contributed by atoms with E-state index in [1.807, 2.05) is 71.5 Å². The first-order chi connectivity index (χ1) is 53.2. The molecule has 0 spiro atoms. The Kier molecular flexibility index (Phi) is 27.3. The summed E-state index contributed by atoms with van der Waals surface area (Å²) in [6.07, 6.45) is 8.55. The molecule has 6 aliphatic heterocycles. The molecule has 14 rings (SSSR count). The lowest BCUT2D eigenvalue weighted by atomic mass is 9.99. The number of nitrogens with zero attached hydrogens (tertiary/aromatic N) is 10. The molecule has 0 aliphatic carbocycles. The number of hydrogen-bond donors (Lipinski definition) is 6. The van der Waals surface area contributed by atoms with Gasteiger partial charge in [0.2, 0.25) is 41.4 Å². The lowest BCUT2D eigenvalue weighted by molar-refractivity contribution is -0.138. The number of carbonyl (C=O) groups excluding carboxylic acids is 11. The number of benzene rings is 4. The second-order valence-electron chi connectivity index (χ2n) is 27.7. The van der Waals surface area contributed by atoms with E-state index in [1.165, 1.54) is 17.0 Å². The molecule has 113 heavy (non-hydrogen) atoms. The molecule has 0 radical (unpaired) electrons. The highest BCUT2D eigenvalue weighted by atomic mass is 35.5. The predicted octanol–water partition coefficient (Wildman–Crippen LogP) is 13.2. The van der Waals surface area contributed by atoms with E-state index in [0.717, 1.165) is 126 Å². The third-order valence-corrected chi connectivity index (χ3v) is 23.0. The molecule has 4 atom stereocenters. The molecule has 4 aromatic carbocycles. The quantitative estimate of drug-likeness (QED) is 0.0256. The minimum absolute atomic E-state index is 0. The number of fused-ring (bicyclic) bond motifs is 8. The van der Waals surface area contributed by atoms with Crippen molar-refractivity contribution in [1.82, 2.24) is 55.3 Å². The summed E-state index contributed by atoms with van der Waals surface area (Å²) in [4.78, 5) is 164. The number of carbonyl (C=O) groups is 12. The van der Waals surface area contributed by atoms with Gasteiger partial charge in [0.05, 0.1) is 57.9 Å². The van der Waals surface area contributed by atoms with Crippen molar-refractivity contribution >= 4 is 140 Å². The number of imide groups is 4. The summed E-state index contributed by atoms with van der Waals surface area (Å²) in [5.74, 6) is -3.77. The van der Waals surface area contributed by atoms with Crippen LogP contribution in [0, 0.1) is 41.5 Å². The van der Waals surface area contributed by atoms with Gasteiger partial charge in [-0.3, -0.25) is 97.1 Å². The van der Waals surface area contributed by atoms with Gasteiger partial charge in [-0.05, 0) is 133 Å². The number of piperidine rings is 2. The maximum Gasteiger partial charge on any atom is 0.306 e. The highest BCUT2D eigenvalue weighted by Crippen LogP contribution is 2.43. The molecule has 2 saturated heterocycles. The Bertz CT molecular complexity index is 5180. The normalized spacial score (nSPS) is 17.1. The van der Waals surface area contributed by atoms with Crippen molar-refractivity contribution in [3.8, 4) is 10.0 Å². The first-order valence-corrected chi connectivity index (χ1v) is 39.1. The van der Waals surface area contributed by atoms with Crippen molar-refractivity contribution in [2.45, 2.75) is 197 Å². The van der Waals surface area contributed by atoms with E-state index in [9.17, 15) is 62.6 Å². The first kappa shape index (κ1) is 84.4. The molecule has 11 amide bonds. The van der Waals surface area contributed by atoms with Gasteiger partial charge in [-0.25, -0.2) is 0 Å². The average molecular weight is 1620 g/mol. The zero-order chi connectivity index (χ0) is 79.2. The van der Waals surface area contributed by atoms with Crippen LogP contribution in [0.2, 0.25) is 10.0 Å². The Labute approximate surface area is 671 Å². The molecule has 32 heteroatoms. The monoisotopic (exact) mass is 1610 g/mol. The lowest BCUT2D eigenvalue weighted by Gasteiger charge is -2.27. The van der Waals surface area contributed by atoms with Crippen LogP contribution < -0.4 is 26.6 Å². The number of amides is 11. The highest BCUT2D eigenvalue weighted by molar-refractivity contribution is 7.15. The van der Waals surface area contributed by atoms with Crippen molar-refractivity contribution in [1.29, 1.82) is 0 Å². The van der Waals surface area contributed by atoms with E-state index in [-0.39, 0.29) is 111 Å². The van der Waals surface area contributed by atoms with Gasteiger partial charge in [0, 0.05) is 74.3 Å². The Morgan fingerprint density at radius 1 is 0.504 bits per heavy atom. The zero-order valence-corrected chi connectivity index (χ0v) is 65.2. The summed E-state index contributed by atoms with van der Waals surface area (Å²) in [6.45, 7) is 14.6. The molecule has 6 N–H and O–H groups in total. The first-order valence-electron chi connectivity index (χ1n) is 36.7. The van der Waals surface area contributed by atoms with E-state index in [0.29, 0.717) is 47.5 Å². The third kappa shape index (κ3) is 18.0. The van der Waals surface area contributed by atoms with E-state index < -0.39 is 77.4 Å². The number of halogens is 2. The number of carboxylic acid groups (broad SMARTS) is 1. The summed E-state index contributed by atoms with van der Waals surface area (Å²) in [6, 6.07) is 21.0. The Morgan fingerprint density at radius 3 is 1.32 bits per heavy atom. The van der Waals surface area contributed by atoms with Gasteiger partial charge >= 0.3 is 5.97 Å². The van der Waals surface area contributed by atoms with Crippen LogP contribution in [0.15, 0.2) is 94.9 Å². The SMILES string of the molecule is C.C.CCCCCCCC(=O)Nc1cccc2c1C(=O)N(C1CCC(=O)NC1=O)C2=O.Cc1sc2c(c1C)C(c1ccc(Cl)cc1)=N[C@@H](CC(=O)NCCCCCCC(=O)Nc1cccc3c1C(=O)N(C1CCC(=O)NC1=O)C3=O)c1nnc(C)n1-2.Cc1sc2c(c1C)C(c1ccc(Cl)cc1)=N[C@@H](CC(=O)O)c1nnc(C)n1-2. The molecule has 6 aliphatic rings. The number of rotatable bonds is 23. The number of aromatic nitrogens is 6. The number of aliphatic carboxylic acids is 1. The maximum absolute atomic E-state index is 13.3.